The van der Waals surface area contributed by atoms with Crippen molar-refractivity contribution in [3.8, 4) is 0 Å². The maximum absolute atomic E-state index is 10.7. The monoisotopic (exact) mass is 259 g/mol. The fraction of sp³-hybridized carbons (Fsp3) is 0.500. The molecule has 0 saturated carbocycles. The molecule has 0 amide bonds. The molecule has 0 bridgehead atoms. The maximum Gasteiger partial charge on any atom is 0.0960 e. The summed E-state index contributed by atoms with van der Waals surface area (Å²) in [6.07, 6.45) is 0.661. The normalized spacial score (nSPS) is 30.4. The molecule has 0 aromatic heterocycles. The van der Waals surface area contributed by atoms with Crippen LogP contribution < -0.4 is 5.32 Å². The summed E-state index contributed by atoms with van der Waals surface area (Å²) in [7, 11) is 0. The summed E-state index contributed by atoms with van der Waals surface area (Å²) in [5.41, 5.74) is -0.122. The van der Waals surface area contributed by atoms with Crippen molar-refractivity contribution in [3.05, 3.63) is 33.8 Å². The van der Waals surface area contributed by atoms with Gasteiger partial charge in [-0.2, -0.15) is 0 Å². The molecule has 0 spiro atoms. The molecule has 2 unspecified atom stereocenters. The molecule has 88 valence electrons. The fourth-order valence-electron chi connectivity index (χ4n) is 2.24. The van der Waals surface area contributed by atoms with Crippen LogP contribution in [0.4, 0.5) is 0 Å². The Morgan fingerprint density at radius 2 is 2.19 bits per heavy atom. The van der Waals surface area contributed by atoms with Crippen molar-refractivity contribution in [1.82, 2.24) is 5.32 Å². The number of hydrogen-bond donors (Lipinski definition) is 2. The van der Waals surface area contributed by atoms with Crippen molar-refractivity contribution in [1.29, 1.82) is 0 Å². The highest BCUT2D eigenvalue weighted by atomic mass is 35.5. The quantitative estimate of drug-likeness (QED) is 0.813. The number of rotatable bonds is 1. The van der Waals surface area contributed by atoms with Gasteiger partial charge < -0.3 is 10.4 Å². The van der Waals surface area contributed by atoms with Crippen LogP contribution in [-0.2, 0) is 5.60 Å². The molecule has 0 aliphatic carbocycles. The fourth-order valence-corrected chi connectivity index (χ4v) is 2.70. The maximum atomic E-state index is 10.7. The molecule has 1 heterocycles. The minimum atomic E-state index is -0.868. The topological polar surface area (TPSA) is 32.3 Å². The van der Waals surface area contributed by atoms with Crippen molar-refractivity contribution >= 4 is 23.2 Å². The van der Waals surface area contributed by atoms with Gasteiger partial charge in [-0.3, -0.25) is 0 Å². The van der Waals surface area contributed by atoms with E-state index >= 15 is 0 Å². The van der Waals surface area contributed by atoms with Crippen LogP contribution in [0, 0.1) is 5.92 Å². The van der Waals surface area contributed by atoms with Gasteiger partial charge in [-0.1, -0.05) is 30.1 Å². The van der Waals surface area contributed by atoms with E-state index in [2.05, 4.69) is 5.32 Å². The smallest absolute Gasteiger partial charge is 0.0960 e. The van der Waals surface area contributed by atoms with Gasteiger partial charge >= 0.3 is 0 Å². The van der Waals surface area contributed by atoms with E-state index in [1.165, 1.54) is 0 Å². The molecule has 2 nitrogen and oxygen atoms in total. The lowest BCUT2D eigenvalue weighted by Gasteiger charge is -2.39. The van der Waals surface area contributed by atoms with Crippen molar-refractivity contribution in [3.63, 3.8) is 0 Å². The summed E-state index contributed by atoms with van der Waals surface area (Å²) in [6, 6.07) is 5.25. The Morgan fingerprint density at radius 1 is 1.44 bits per heavy atom. The zero-order valence-corrected chi connectivity index (χ0v) is 10.6. The second-order valence-corrected chi connectivity index (χ2v) is 5.25. The van der Waals surface area contributed by atoms with Gasteiger partial charge in [0.05, 0.1) is 5.60 Å². The first kappa shape index (κ1) is 12.2. The number of benzene rings is 1. The lowest BCUT2D eigenvalue weighted by atomic mass is 9.77. The van der Waals surface area contributed by atoms with Crippen LogP contribution in [-0.4, -0.2) is 18.2 Å². The molecule has 2 rings (SSSR count). The van der Waals surface area contributed by atoms with Gasteiger partial charge in [0.25, 0.3) is 0 Å². The van der Waals surface area contributed by atoms with Gasteiger partial charge in [0.15, 0.2) is 0 Å². The minimum absolute atomic E-state index is 0.122. The Morgan fingerprint density at radius 3 is 2.88 bits per heavy atom. The first-order chi connectivity index (χ1) is 7.54. The molecule has 1 aromatic carbocycles. The summed E-state index contributed by atoms with van der Waals surface area (Å²) in [5.74, 6) is 0.122. The van der Waals surface area contributed by atoms with Crippen LogP contribution in [0.5, 0.6) is 0 Å². The number of piperidine rings is 1. The van der Waals surface area contributed by atoms with Gasteiger partial charge in [0.2, 0.25) is 0 Å². The van der Waals surface area contributed by atoms with Crippen LogP contribution in [0.3, 0.4) is 0 Å². The molecule has 2 N–H and O–H groups in total. The summed E-state index contributed by atoms with van der Waals surface area (Å²) in [4.78, 5) is 0. The zero-order valence-electron chi connectivity index (χ0n) is 9.13. The summed E-state index contributed by atoms with van der Waals surface area (Å²) < 4.78 is 0. The highest BCUT2D eigenvalue weighted by Crippen LogP contribution is 2.39. The van der Waals surface area contributed by atoms with Gasteiger partial charge in [-0.05, 0) is 31.2 Å². The molecule has 1 aromatic rings. The summed E-state index contributed by atoms with van der Waals surface area (Å²) >= 11 is 12.1. The number of aliphatic hydroxyl groups is 1. The van der Waals surface area contributed by atoms with Crippen LogP contribution >= 0.6 is 23.2 Å². The van der Waals surface area contributed by atoms with Crippen molar-refractivity contribution in [2.24, 2.45) is 5.92 Å². The van der Waals surface area contributed by atoms with Crippen LogP contribution in [0.2, 0.25) is 10.0 Å². The Balaban J connectivity index is 2.44. The molecule has 4 heteroatoms. The molecular formula is C12H15Cl2NO. The van der Waals surface area contributed by atoms with E-state index < -0.39 is 5.60 Å². The van der Waals surface area contributed by atoms with E-state index in [1.807, 2.05) is 6.92 Å². The molecule has 0 radical (unpaired) electrons. The van der Waals surface area contributed by atoms with Crippen molar-refractivity contribution in [2.45, 2.75) is 18.9 Å². The van der Waals surface area contributed by atoms with Crippen LogP contribution in [0.25, 0.3) is 0 Å². The molecule has 1 fully saturated rings. The predicted molar refractivity (Wildman–Crippen MR) is 67.0 cm³/mol. The highest BCUT2D eigenvalue weighted by Gasteiger charge is 2.39. The van der Waals surface area contributed by atoms with E-state index in [4.69, 9.17) is 23.2 Å². The number of halogens is 2. The van der Waals surface area contributed by atoms with Crippen molar-refractivity contribution < 1.29 is 5.11 Å². The number of nitrogens with one attached hydrogen (secondary N) is 1. The lowest BCUT2D eigenvalue weighted by molar-refractivity contribution is -0.0391. The Hall–Kier alpha value is -0.280. The summed E-state index contributed by atoms with van der Waals surface area (Å²) in [6.45, 7) is 3.60. The lowest BCUT2D eigenvalue weighted by Crippen LogP contribution is -2.47. The second-order valence-electron chi connectivity index (χ2n) is 4.40. The predicted octanol–water partition coefficient (Wildman–Crippen LogP) is 2.81. The molecule has 1 saturated heterocycles. The molecule has 1 aliphatic rings. The van der Waals surface area contributed by atoms with E-state index in [9.17, 15) is 5.11 Å². The van der Waals surface area contributed by atoms with Gasteiger partial charge in [-0.15, -0.1) is 0 Å². The number of hydrogen-bond acceptors (Lipinski definition) is 2. The molecular weight excluding hydrogens is 245 g/mol. The third-order valence-electron chi connectivity index (χ3n) is 3.34. The largest absolute Gasteiger partial charge is 0.385 e. The van der Waals surface area contributed by atoms with E-state index in [0.717, 1.165) is 18.7 Å². The van der Waals surface area contributed by atoms with Crippen molar-refractivity contribution in [2.75, 3.05) is 13.1 Å². The van der Waals surface area contributed by atoms with Gasteiger partial charge in [0, 0.05) is 28.1 Å². The van der Waals surface area contributed by atoms with E-state index in [1.54, 1.807) is 18.2 Å². The Kier molecular flexibility index (Phi) is 3.45. The first-order valence-electron chi connectivity index (χ1n) is 5.42. The highest BCUT2D eigenvalue weighted by molar-refractivity contribution is 6.33. The third-order valence-corrected chi connectivity index (χ3v) is 3.91. The SMILES string of the molecule is CC1CNCCC1(O)c1cc(Cl)ccc1Cl. The Labute approximate surface area is 106 Å². The van der Waals surface area contributed by atoms with Crippen LogP contribution in [0.1, 0.15) is 18.9 Å². The molecule has 2 atom stereocenters. The van der Waals surface area contributed by atoms with E-state index in [-0.39, 0.29) is 5.92 Å². The first-order valence-corrected chi connectivity index (χ1v) is 6.18. The molecule has 1 aliphatic heterocycles. The van der Waals surface area contributed by atoms with Crippen LogP contribution in [0.15, 0.2) is 18.2 Å². The van der Waals surface area contributed by atoms with E-state index in [0.29, 0.717) is 16.5 Å². The average molecular weight is 260 g/mol. The second kappa shape index (κ2) is 4.53. The molecule has 16 heavy (non-hydrogen) atoms. The van der Waals surface area contributed by atoms with Gasteiger partial charge in [-0.25, -0.2) is 0 Å². The third kappa shape index (κ3) is 2.07. The Bertz CT molecular complexity index is 397. The average Bonchev–Trinajstić information content (AvgIpc) is 2.26. The van der Waals surface area contributed by atoms with Gasteiger partial charge in [0.1, 0.15) is 0 Å². The minimum Gasteiger partial charge on any atom is -0.385 e. The summed E-state index contributed by atoms with van der Waals surface area (Å²) in [5, 5.41) is 15.2. The zero-order chi connectivity index (χ0) is 11.8. The standard InChI is InChI=1S/C12H15Cl2NO/c1-8-7-15-5-4-12(8,16)10-6-9(13)2-3-11(10)14/h2-3,6,8,15-16H,4-5,7H2,1H3.